The molecule has 0 spiro atoms. The fourth-order valence-electron chi connectivity index (χ4n) is 3.12. The highest BCUT2D eigenvalue weighted by Crippen LogP contribution is 2.34. The van der Waals surface area contributed by atoms with Gasteiger partial charge in [0.15, 0.2) is 11.5 Å². The van der Waals surface area contributed by atoms with Gasteiger partial charge in [-0.3, -0.25) is 0 Å². The number of halogens is 5. The zero-order valence-corrected chi connectivity index (χ0v) is 18.6. The van der Waals surface area contributed by atoms with Crippen LogP contribution in [-0.4, -0.2) is 25.8 Å². The average Bonchev–Trinajstić information content (AvgIpc) is 3.14. The van der Waals surface area contributed by atoms with Crippen LogP contribution in [0, 0.1) is 6.92 Å². The van der Waals surface area contributed by atoms with E-state index in [2.05, 4.69) is 20.1 Å². The minimum absolute atomic E-state index is 0.00643. The molecule has 4 aromatic rings. The highest BCUT2D eigenvalue weighted by molar-refractivity contribution is 6.32. The molecule has 0 bridgehead atoms. The topological polar surface area (TPSA) is 69.1 Å². The Bertz CT molecular complexity index is 1390. The molecule has 1 aromatic carbocycles. The maximum absolute atomic E-state index is 13.5. The van der Waals surface area contributed by atoms with Crippen LogP contribution in [0.3, 0.4) is 0 Å². The van der Waals surface area contributed by atoms with Crippen LogP contribution in [0.15, 0.2) is 45.9 Å². The van der Waals surface area contributed by atoms with Crippen LogP contribution in [0.5, 0.6) is 0 Å². The highest BCUT2D eigenvalue weighted by Gasteiger charge is 2.36. The van der Waals surface area contributed by atoms with E-state index in [1.165, 1.54) is 12.3 Å². The molecule has 0 unspecified atom stereocenters. The first kappa shape index (κ1) is 22.3. The van der Waals surface area contributed by atoms with Gasteiger partial charge in [-0.15, -0.1) is 0 Å². The maximum atomic E-state index is 13.5. The van der Waals surface area contributed by atoms with Gasteiger partial charge in [-0.05, 0) is 50.6 Å². The summed E-state index contributed by atoms with van der Waals surface area (Å²) in [4.78, 5) is 13.0. The molecular formula is C21H16Cl2F3N5O. The fraction of sp³-hybridized carbons (Fsp3) is 0.238. The quantitative estimate of drug-likeness (QED) is 0.358. The van der Waals surface area contributed by atoms with Gasteiger partial charge in [0.2, 0.25) is 11.4 Å². The van der Waals surface area contributed by atoms with E-state index in [1.807, 2.05) is 13.8 Å². The van der Waals surface area contributed by atoms with Gasteiger partial charge >= 0.3 is 6.18 Å². The summed E-state index contributed by atoms with van der Waals surface area (Å²) in [6.45, 7) is 5.48. The molecule has 4 rings (SSSR count). The van der Waals surface area contributed by atoms with Crippen molar-refractivity contribution < 1.29 is 17.6 Å². The van der Waals surface area contributed by atoms with Crippen LogP contribution in [0.1, 0.15) is 25.1 Å². The summed E-state index contributed by atoms with van der Waals surface area (Å²) in [5, 5.41) is 4.81. The van der Waals surface area contributed by atoms with Gasteiger partial charge in [-0.2, -0.15) is 18.3 Å². The van der Waals surface area contributed by atoms with Crippen LogP contribution >= 0.6 is 23.2 Å². The van der Waals surface area contributed by atoms with E-state index in [-0.39, 0.29) is 34.0 Å². The molecular weight excluding hydrogens is 466 g/mol. The lowest BCUT2D eigenvalue weighted by Gasteiger charge is -2.09. The Morgan fingerprint density at radius 3 is 2.56 bits per heavy atom. The van der Waals surface area contributed by atoms with E-state index in [4.69, 9.17) is 27.6 Å². The third kappa shape index (κ3) is 4.22. The predicted molar refractivity (Wildman–Crippen MR) is 115 cm³/mol. The number of alkyl halides is 3. The first-order valence-corrected chi connectivity index (χ1v) is 10.2. The van der Waals surface area contributed by atoms with E-state index in [9.17, 15) is 13.2 Å². The van der Waals surface area contributed by atoms with Crippen molar-refractivity contribution in [2.75, 3.05) is 0 Å². The SMILES string of the molecule is Cc1cc(Cl)cc2c(=NC(C)C)oc(-c3cc(C(F)(F)F)nn3-c3ncccc3Cl)nc12. The smallest absolute Gasteiger partial charge is 0.418 e. The Morgan fingerprint density at radius 2 is 1.91 bits per heavy atom. The van der Waals surface area contributed by atoms with E-state index < -0.39 is 11.9 Å². The van der Waals surface area contributed by atoms with Crippen molar-refractivity contribution in [2.24, 2.45) is 4.99 Å². The number of nitrogens with zero attached hydrogens (tertiary/aromatic N) is 5. The standard InChI is InChI=1S/C21H16Cl2F3N5O/c1-10(2)28-19-13-8-12(22)7-11(3)17(13)29-20(32-19)15-9-16(21(24,25)26)30-31(15)18-14(23)5-4-6-27-18/h4-10H,1-3H3. The zero-order valence-electron chi connectivity index (χ0n) is 17.1. The van der Waals surface area contributed by atoms with E-state index >= 15 is 0 Å². The minimum atomic E-state index is -4.70. The van der Waals surface area contributed by atoms with Gasteiger partial charge < -0.3 is 4.42 Å². The molecule has 32 heavy (non-hydrogen) atoms. The number of hydrogen-bond acceptors (Lipinski definition) is 5. The fourth-order valence-corrected chi connectivity index (χ4v) is 3.60. The minimum Gasteiger partial charge on any atom is -0.418 e. The van der Waals surface area contributed by atoms with Crippen LogP contribution in [0.25, 0.3) is 28.3 Å². The Kier molecular flexibility index (Phi) is 5.72. The van der Waals surface area contributed by atoms with Crippen LogP contribution < -0.4 is 5.55 Å². The number of pyridine rings is 1. The first-order valence-electron chi connectivity index (χ1n) is 9.48. The Labute approximate surface area is 190 Å². The maximum Gasteiger partial charge on any atom is 0.435 e. The second kappa shape index (κ2) is 8.22. The molecule has 6 nitrogen and oxygen atoms in total. The predicted octanol–water partition coefficient (Wildman–Crippen LogP) is 6.02. The van der Waals surface area contributed by atoms with Crippen molar-refractivity contribution in [2.45, 2.75) is 33.0 Å². The Hall–Kier alpha value is -2.91. The molecule has 0 atom stereocenters. The number of rotatable bonds is 3. The van der Waals surface area contributed by atoms with Crippen molar-refractivity contribution in [1.82, 2.24) is 19.7 Å². The lowest BCUT2D eigenvalue weighted by molar-refractivity contribution is -0.141. The summed E-state index contributed by atoms with van der Waals surface area (Å²) in [6, 6.07) is 7.10. The van der Waals surface area contributed by atoms with Gasteiger partial charge in [0, 0.05) is 23.3 Å². The molecule has 0 aliphatic rings. The van der Waals surface area contributed by atoms with Crippen LogP contribution in [-0.2, 0) is 6.18 Å². The van der Waals surface area contributed by atoms with E-state index in [0.717, 1.165) is 10.7 Å². The summed E-state index contributed by atoms with van der Waals surface area (Å²) in [6.07, 6.45) is -3.30. The van der Waals surface area contributed by atoms with Gasteiger partial charge in [0.05, 0.1) is 15.9 Å². The largest absolute Gasteiger partial charge is 0.435 e. The molecule has 0 radical (unpaired) electrons. The second-order valence-electron chi connectivity index (χ2n) is 7.30. The van der Waals surface area contributed by atoms with Gasteiger partial charge in [-0.1, -0.05) is 23.2 Å². The van der Waals surface area contributed by atoms with Gasteiger partial charge in [0.1, 0.15) is 5.69 Å². The monoisotopic (exact) mass is 481 g/mol. The summed E-state index contributed by atoms with van der Waals surface area (Å²) < 4.78 is 47.4. The summed E-state index contributed by atoms with van der Waals surface area (Å²) in [5.74, 6) is -0.112. The summed E-state index contributed by atoms with van der Waals surface area (Å²) >= 11 is 12.4. The van der Waals surface area contributed by atoms with Crippen LogP contribution in [0.4, 0.5) is 13.2 Å². The number of aromatic nitrogens is 4. The molecule has 0 fully saturated rings. The van der Waals surface area contributed by atoms with Crippen molar-refractivity contribution in [1.29, 1.82) is 0 Å². The molecule has 166 valence electrons. The molecule has 0 N–H and O–H groups in total. The first-order chi connectivity index (χ1) is 15.0. The number of fused-ring (bicyclic) bond motifs is 1. The number of aryl methyl sites for hydroxylation is 1. The number of benzene rings is 1. The Balaban J connectivity index is 2.09. The van der Waals surface area contributed by atoms with Crippen LogP contribution in [0.2, 0.25) is 10.0 Å². The third-order valence-corrected chi connectivity index (χ3v) is 4.95. The van der Waals surface area contributed by atoms with Crippen molar-refractivity contribution >= 4 is 34.1 Å². The second-order valence-corrected chi connectivity index (χ2v) is 8.14. The summed E-state index contributed by atoms with van der Waals surface area (Å²) in [7, 11) is 0. The van der Waals surface area contributed by atoms with E-state index in [1.54, 1.807) is 25.1 Å². The lowest BCUT2D eigenvalue weighted by atomic mass is 10.1. The normalized spacial score (nSPS) is 12.8. The molecule has 3 heterocycles. The van der Waals surface area contributed by atoms with Gasteiger partial charge in [-0.25, -0.2) is 19.6 Å². The van der Waals surface area contributed by atoms with Crippen molar-refractivity contribution in [3.63, 3.8) is 0 Å². The average molecular weight is 482 g/mol. The van der Waals surface area contributed by atoms with Gasteiger partial charge in [0.25, 0.3) is 0 Å². The molecule has 3 aromatic heterocycles. The molecule has 0 saturated carbocycles. The van der Waals surface area contributed by atoms with E-state index in [0.29, 0.717) is 21.5 Å². The van der Waals surface area contributed by atoms with Crippen molar-refractivity contribution in [3.8, 4) is 17.4 Å². The molecule has 0 amide bonds. The third-order valence-electron chi connectivity index (χ3n) is 4.44. The molecule has 11 heteroatoms. The molecule has 0 saturated heterocycles. The zero-order chi connectivity index (χ0) is 23.2. The number of hydrogen-bond donors (Lipinski definition) is 0. The molecule has 0 aliphatic carbocycles. The molecule has 0 aliphatic heterocycles. The lowest BCUT2D eigenvalue weighted by Crippen LogP contribution is -2.12. The Morgan fingerprint density at radius 1 is 1.16 bits per heavy atom. The highest BCUT2D eigenvalue weighted by atomic mass is 35.5. The summed E-state index contributed by atoms with van der Waals surface area (Å²) in [5.41, 5.74) is 0.182. The van der Waals surface area contributed by atoms with Crippen molar-refractivity contribution in [3.05, 3.63) is 63.4 Å².